The van der Waals surface area contributed by atoms with Gasteiger partial charge in [0.2, 0.25) is 0 Å². The van der Waals surface area contributed by atoms with Gasteiger partial charge in [-0.3, -0.25) is 0 Å². The van der Waals surface area contributed by atoms with E-state index in [-0.39, 0.29) is 0 Å². The van der Waals surface area contributed by atoms with Crippen molar-refractivity contribution in [1.29, 1.82) is 0 Å². The Bertz CT molecular complexity index is 229. The van der Waals surface area contributed by atoms with Gasteiger partial charge in [0.05, 0.1) is 0 Å². The first kappa shape index (κ1) is 12.4. The van der Waals surface area contributed by atoms with E-state index in [0.717, 1.165) is 0 Å². The van der Waals surface area contributed by atoms with Gasteiger partial charge in [-0.2, -0.15) is 0 Å². The second kappa shape index (κ2) is 4.66. The normalized spacial score (nSPS) is 42.6. The Hall–Kier alpha value is -0.0800. The highest BCUT2D eigenvalue weighted by Crippen LogP contribution is 2.51. The molecule has 0 aromatic rings. The molecule has 1 unspecified atom stereocenters. The predicted molar refractivity (Wildman–Crippen MR) is 69.7 cm³/mol. The number of likely N-dealkylation sites (N-methyl/N-ethyl adjacent to an activating group) is 1. The van der Waals surface area contributed by atoms with Crippen LogP contribution in [0.3, 0.4) is 0 Å². The lowest BCUT2D eigenvalue weighted by Gasteiger charge is -2.57. The van der Waals surface area contributed by atoms with Gasteiger partial charge in [0.25, 0.3) is 0 Å². The van der Waals surface area contributed by atoms with E-state index in [1.54, 1.807) is 0 Å². The van der Waals surface area contributed by atoms with Crippen molar-refractivity contribution in [2.75, 3.05) is 13.6 Å². The zero-order valence-electron chi connectivity index (χ0n) is 11.2. The van der Waals surface area contributed by atoms with Crippen molar-refractivity contribution in [2.24, 2.45) is 5.41 Å². The van der Waals surface area contributed by atoms with Crippen LogP contribution in [-0.2, 0) is 0 Å². The summed E-state index contributed by atoms with van der Waals surface area (Å²) in [5.74, 6) is 0. The fourth-order valence-corrected chi connectivity index (χ4v) is 3.69. The average Bonchev–Trinajstić information content (AvgIpc) is 2.30. The second-order valence-electron chi connectivity index (χ2n) is 6.28. The number of unbranched alkanes of at least 4 members (excludes halogenated alkanes) is 1. The standard InChI is InChI=1S/C14H28N2/c1-4-5-10-16-12-11-13(2)6-8-14(12,15-3)9-7-13/h12,15-16H,4-11H2,1-3H3. The molecule has 0 heterocycles. The van der Waals surface area contributed by atoms with Gasteiger partial charge in [0, 0.05) is 11.6 Å². The molecule has 2 N–H and O–H groups in total. The predicted octanol–water partition coefficient (Wildman–Crippen LogP) is 2.69. The molecule has 0 aromatic heterocycles. The molecular formula is C14H28N2. The van der Waals surface area contributed by atoms with E-state index in [1.807, 2.05) is 0 Å². The minimum absolute atomic E-state index is 0.408. The van der Waals surface area contributed by atoms with Crippen LogP contribution in [-0.4, -0.2) is 25.2 Å². The van der Waals surface area contributed by atoms with Crippen LogP contribution in [0.5, 0.6) is 0 Å². The molecule has 0 spiro atoms. The Kier molecular flexibility index (Phi) is 3.60. The summed E-state index contributed by atoms with van der Waals surface area (Å²) in [7, 11) is 2.16. The van der Waals surface area contributed by atoms with E-state index in [2.05, 4.69) is 31.5 Å². The highest BCUT2D eigenvalue weighted by Gasteiger charge is 2.51. The Labute approximate surface area is 101 Å². The van der Waals surface area contributed by atoms with Crippen molar-refractivity contribution < 1.29 is 0 Å². The van der Waals surface area contributed by atoms with Gasteiger partial charge in [0.1, 0.15) is 0 Å². The lowest BCUT2D eigenvalue weighted by molar-refractivity contribution is 0.00723. The molecule has 2 heteroatoms. The Balaban J connectivity index is 1.99. The van der Waals surface area contributed by atoms with Crippen molar-refractivity contribution >= 4 is 0 Å². The van der Waals surface area contributed by atoms with Crippen molar-refractivity contribution in [1.82, 2.24) is 10.6 Å². The molecule has 3 aliphatic rings. The minimum Gasteiger partial charge on any atom is -0.313 e. The van der Waals surface area contributed by atoms with Crippen molar-refractivity contribution in [3.8, 4) is 0 Å². The fraction of sp³-hybridized carbons (Fsp3) is 1.00. The molecule has 0 saturated heterocycles. The Morgan fingerprint density at radius 1 is 1.19 bits per heavy atom. The Morgan fingerprint density at radius 2 is 1.88 bits per heavy atom. The van der Waals surface area contributed by atoms with Crippen LogP contribution in [0.25, 0.3) is 0 Å². The molecule has 3 aliphatic carbocycles. The van der Waals surface area contributed by atoms with Crippen LogP contribution in [0.1, 0.15) is 58.8 Å². The highest BCUT2D eigenvalue weighted by molar-refractivity contribution is 5.10. The third kappa shape index (κ3) is 2.14. The maximum absolute atomic E-state index is 3.81. The third-order valence-corrected chi connectivity index (χ3v) is 5.13. The maximum atomic E-state index is 3.81. The molecule has 94 valence electrons. The van der Waals surface area contributed by atoms with Gasteiger partial charge in [-0.05, 0) is 57.5 Å². The molecule has 0 amide bonds. The summed E-state index contributed by atoms with van der Waals surface area (Å²) >= 11 is 0. The maximum Gasteiger partial charge on any atom is 0.0333 e. The molecule has 1 atom stereocenters. The monoisotopic (exact) mass is 224 g/mol. The van der Waals surface area contributed by atoms with E-state index in [1.165, 1.54) is 51.5 Å². The third-order valence-electron chi connectivity index (χ3n) is 5.13. The lowest BCUT2D eigenvalue weighted by atomic mass is 9.56. The van der Waals surface area contributed by atoms with Gasteiger partial charge >= 0.3 is 0 Å². The second-order valence-corrected chi connectivity index (χ2v) is 6.28. The van der Waals surface area contributed by atoms with Crippen molar-refractivity contribution in [3.63, 3.8) is 0 Å². The van der Waals surface area contributed by atoms with E-state index in [9.17, 15) is 0 Å². The Morgan fingerprint density at radius 3 is 2.44 bits per heavy atom. The van der Waals surface area contributed by atoms with Gasteiger partial charge in [-0.25, -0.2) is 0 Å². The van der Waals surface area contributed by atoms with E-state index in [0.29, 0.717) is 17.0 Å². The molecule has 16 heavy (non-hydrogen) atoms. The quantitative estimate of drug-likeness (QED) is 0.702. The molecule has 0 aliphatic heterocycles. The first-order valence-corrected chi connectivity index (χ1v) is 7.06. The fourth-order valence-electron chi connectivity index (χ4n) is 3.69. The minimum atomic E-state index is 0.408. The summed E-state index contributed by atoms with van der Waals surface area (Å²) in [5.41, 5.74) is 1.04. The van der Waals surface area contributed by atoms with Crippen LogP contribution in [0.4, 0.5) is 0 Å². The summed E-state index contributed by atoms with van der Waals surface area (Å²) in [6.45, 7) is 5.95. The smallest absolute Gasteiger partial charge is 0.0333 e. The van der Waals surface area contributed by atoms with Crippen LogP contribution in [0.15, 0.2) is 0 Å². The number of rotatable bonds is 5. The van der Waals surface area contributed by atoms with Crippen LogP contribution in [0.2, 0.25) is 0 Å². The summed E-state index contributed by atoms with van der Waals surface area (Å²) in [6, 6.07) is 0.705. The molecule has 0 aromatic carbocycles. The number of fused-ring (bicyclic) bond motifs is 3. The summed E-state index contributed by atoms with van der Waals surface area (Å²) in [5, 5.41) is 7.45. The zero-order chi connectivity index (χ0) is 11.6. The summed E-state index contributed by atoms with van der Waals surface area (Å²) in [6.07, 6.45) is 9.54. The van der Waals surface area contributed by atoms with E-state index < -0.39 is 0 Å². The zero-order valence-corrected chi connectivity index (χ0v) is 11.2. The van der Waals surface area contributed by atoms with Crippen molar-refractivity contribution in [2.45, 2.75) is 70.4 Å². The first-order chi connectivity index (χ1) is 7.64. The number of hydrogen-bond donors (Lipinski definition) is 2. The molecule has 3 fully saturated rings. The van der Waals surface area contributed by atoms with Crippen molar-refractivity contribution in [3.05, 3.63) is 0 Å². The van der Waals surface area contributed by atoms with Gasteiger partial charge in [-0.15, -0.1) is 0 Å². The first-order valence-electron chi connectivity index (χ1n) is 7.06. The van der Waals surface area contributed by atoms with Gasteiger partial charge in [0.15, 0.2) is 0 Å². The van der Waals surface area contributed by atoms with E-state index >= 15 is 0 Å². The topological polar surface area (TPSA) is 24.1 Å². The SMILES string of the molecule is CCCCNC1CC2(C)CCC1(NC)CC2. The van der Waals surface area contributed by atoms with Crippen LogP contribution >= 0.6 is 0 Å². The summed E-state index contributed by atoms with van der Waals surface area (Å²) in [4.78, 5) is 0. The molecule has 2 nitrogen and oxygen atoms in total. The highest BCUT2D eigenvalue weighted by atomic mass is 15.1. The average molecular weight is 224 g/mol. The molecule has 3 rings (SSSR count). The largest absolute Gasteiger partial charge is 0.313 e. The van der Waals surface area contributed by atoms with Crippen LogP contribution < -0.4 is 10.6 Å². The van der Waals surface area contributed by atoms with Gasteiger partial charge in [-0.1, -0.05) is 20.3 Å². The molecule has 0 radical (unpaired) electrons. The van der Waals surface area contributed by atoms with Crippen LogP contribution in [0, 0.1) is 5.41 Å². The molecular weight excluding hydrogens is 196 g/mol. The lowest BCUT2D eigenvalue weighted by Crippen LogP contribution is -2.66. The van der Waals surface area contributed by atoms with E-state index in [4.69, 9.17) is 0 Å². The molecule has 2 bridgehead atoms. The number of hydrogen-bond acceptors (Lipinski definition) is 2. The van der Waals surface area contributed by atoms with Gasteiger partial charge < -0.3 is 10.6 Å². The number of nitrogens with one attached hydrogen (secondary N) is 2. The molecule has 3 saturated carbocycles. The summed E-state index contributed by atoms with van der Waals surface area (Å²) < 4.78 is 0.